The molecule has 1 aliphatic heterocycles. The average molecular weight is 287 g/mol. The van der Waals surface area contributed by atoms with Crippen LogP contribution in [0.3, 0.4) is 0 Å². The summed E-state index contributed by atoms with van der Waals surface area (Å²) in [4.78, 5) is 2.55. The molecule has 1 aliphatic carbocycles. The summed E-state index contributed by atoms with van der Waals surface area (Å²) in [5.41, 5.74) is 2.41. The Morgan fingerprint density at radius 1 is 1.05 bits per heavy atom. The Hall–Kier alpha value is -0.860. The van der Waals surface area contributed by atoms with Crippen molar-refractivity contribution in [3.8, 4) is 0 Å². The molecular formula is C19H29NO. The highest BCUT2D eigenvalue weighted by molar-refractivity contribution is 5.26. The summed E-state index contributed by atoms with van der Waals surface area (Å²) in [5, 5.41) is 10.6. The first-order chi connectivity index (χ1) is 10.1. The normalized spacial score (nSPS) is 27.8. The molecule has 3 unspecified atom stereocenters. The second-order valence-corrected chi connectivity index (χ2v) is 7.23. The van der Waals surface area contributed by atoms with Gasteiger partial charge in [-0.2, -0.15) is 0 Å². The van der Waals surface area contributed by atoms with Crippen LogP contribution >= 0.6 is 0 Å². The Kier molecular flexibility index (Phi) is 4.66. The Morgan fingerprint density at radius 2 is 1.71 bits per heavy atom. The third-order valence-electron chi connectivity index (χ3n) is 5.52. The van der Waals surface area contributed by atoms with E-state index in [2.05, 4.69) is 43.0 Å². The number of β-amino-alcohol motifs (C(OH)–C–C–N with tert-alkyl or cyclic N) is 1. The lowest BCUT2D eigenvalue weighted by Crippen LogP contribution is -2.37. The van der Waals surface area contributed by atoms with Gasteiger partial charge in [0, 0.05) is 12.6 Å². The van der Waals surface area contributed by atoms with Gasteiger partial charge in [0.25, 0.3) is 0 Å². The predicted octanol–water partition coefficient (Wildman–Crippen LogP) is 4.11. The van der Waals surface area contributed by atoms with Crippen molar-refractivity contribution >= 4 is 0 Å². The first-order valence-electron chi connectivity index (χ1n) is 8.67. The highest BCUT2D eigenvalue weighted by Crippen LogP contribution is 2.37. The summed E-state index contributed by atoms with van der Waals surface area (Å²) in [5.74, 6) is 1.45. The van der Waals surface area contributed by atoms with E-state index in [9.17, 15) is 5.11 Å². The van der Waals surface area contributed by atoms with Gasteiger partial charge in [-0.3, -0.25) is 4.90 Å². The standard InChI is InChI=1S/C19H29NO/c1-14(2)15-7-9-17(10-8-15)19(21)13-20-12-11-16-5-3-4-6-18(16)20/h7-10,14,16,18-19,21H,3-6,11-13H2,1-2H3. The summed E-state index contributed by atoms with van der Waals surface area (Å²) in [6.45, 7) is 6.40. The highest BCUT2D eigenvalue weighted by atomic mass is 16.3. The van der Waals surface area contributed by atoms with Crippen molar-refractivity contribution in [3.63, 3.8) is 0 Å². The molecule has 2 fully saturated rings. The molecule has 0 amide bonds. The molecule has 2 heteroatoms. The Bertz CT molecular complexity index is 453. The molecular weight excluding hydrogens is 258 g/mol. The molecule has 21 heavy (non-hydrogen) atoms. The number of aliphatic hydroxyl groups is 1. The summed E-state index contributed by atoms with van der Waals surface area (Å²) in [6.07, 6.45) is 6.52. The van der Waals surface area contributed by atoms with Crippen molar-refractivity contribution in [3.05, 3.63) is 35.4 Å². The second kappa shape index (κ2) is 6.50. The fourth-order valence-corrected chi connectivity index (χ4v) is 4.16. The van der Waals surface area contributed by atoms with Crippen LogP contribution in [0.5, 0.6) is 0 Å². The maximum atomic E-state index is 10.6. The van der Waals surface area contributed by atoms with E-state index in [1.165, 1.54) is 44.2 Å². The zero-order valence-electron chi connectivity index (χ0n) is 13.5. The fraction of sp³-hybridized carbons (Fsp3) is 0.684. The minimum absolute atomic E-state index is 0.341. The zero-order valence-corrected chi connectivity index (χ0v) is 13.5. The van der Waals surface area contributed by atoms with Crippen LogP contribution in [0.4, 0.5) is 0 Å². The molecule has 1 saturated heterocycles. The van der Waals surface area contributed by atoms with E-state index >= 15 is 0 Å². The van der Waals surface area contributed by atoms with Crippen molar-refractivity contribution < 1.29 is 5.11 Å². The molecule has 1 aromatic carbocycles. The van der Waals surface area contributed by atoms with E-state index in [0.29, 0.717) is 5.92 Å². The lowest BCUT2D eigenvalue weighted by atomic mass is 9.85. The van der Waals surface area contributed by atoms with Crippen LogP contribution < -0.4 is 0 Å². The lowest BCUT2D eigenvalue weighted by molar-refractivity contribution is 0.0893. The van der Waals surface area contributed by atoms with Crippen molar-refractivity contribution in [2.24, 2.45) is 5.92 Å². The number of aliphatic hydroxyl groups excluding tert-OH is 1. The molecule has 0 aromatic heterocycles. The first kappa shape index (κ1) is 15.1. The van der Waals surface area contributed by atoms with Gasteiger partial charge in [0.1, 0.15) is 0 Å². The fourth-order valence-electron chi connectivity index (χ4n) is 4.16. The smallest absolute Gasteiger partial charge is 0.0917 e. The molecule has 3 atom stereocenters. The van der Waals surface area contributed by atoms with Crippen LogP contribution in [-0.4, -0.2) is 29.1 Å². The number of likely N-dealkylation sites (tertiary alicyclic amines) is 1. The molecule has 1 heterocycles. The number of hydrogen-bond donors (Lipinski definition) is 1. The number of benzene rings is 1. The summed E-state index contributed by atoms with van der Waals surface area (Å²) < 4.78 is 0. The Labute approximate surface area is 129 Å². The van der Waals surface area contributed by atoms with E-state index < -0.39 is 0 Å². The summed E-state index contributed by atoms with van der Waals surface area (Å²) in [7, 11) is 0. The number of hydrogen-bond acceptors (Lipinski definition) is 2. The molecule has 1 aromatic rings. The van der Waals surface area contributed by atoms with E-state index in [-0.39, 0.29) is 6.10 Å². The van der Waals surface area contributed by atoms with Gasteiger partial charge in [-0.15, -0.1) is 0 Å². The molecule has 0 radical (unpaired) electrons. The Balaban J connectivity index is 1.62. The topological polar surface area (TPSA) is 23.5 Å². The van der Waals surface area contributed by atoms with Gasteiger partial charge < -0.3 is 5.11 Å². The number of rotatable bonds is 4. The zero-order chi connectivity index (χ0) is 14.8. The van der Waals surface area contributed by atoms with Gasteiger partial charge >= 0.3 is 0 Å². The maximum Gasteiger partial charge on any atom is 0.0917 e. The van der Waals surface area contributed by atoms with E-state index in [1.54, 1.807) is 0 Å². The first-order valence-corrected chi connectivity index (χ1v) is 8.67. The van der Waals surface area contributed by atoms with Gasteiger partial charge in [0.15, 0.2) is 0 Å². The minimum atomic E-state index is -0.341. The monoisotopic (exact) mass is 287 g/mol. The van der Waals surface area contributed by atoms with Crippen LogP contribution in [0, 0.1) is 5.92 Å². The highest BCUT2D eigenvalue weighted by Gasteiger charge is 2.36. The second-order valence-electron chi connectivity index (χ2n) is 7.23. The average Bonchev–Trinajstić information content (AvgIpc) is 2.91. The van der Waals surface area contributed by atoms with Crippen LogP contribution in [0.1, 0.15) is 69.1 Å². The third kappa shape index (κ3) is 3.32. The molecule has 0 spiro atoms. The predicted molar refractivity (Wildman–Crippen MR) is 87.4 cm³/mol. The van der Waals surface area contributed by atoms with Gasteiger partial charge in [0.2, 0.25) is 0 Å². The lowest BCUT2D eigenvalue weighted by Gasteiger charge is -2.33. The van der Waals surface area contributed by atoms with Crippen molar-refractivity contribution in [1.29, 1.82) is 0 Å². The van der Waals surface area contributed by atoms with Crippen molar-refractivity contribution in [2.45, 2.75) is 64.0 Å². The van der Waals surface area contributed by atoms with Gasteiger partial charge in [-0.1, -0.05) is 51.0 Å². The quantitative estimate of drug-likeness (QED) is 0.901. The molecule has 2 aliphatic rings. The minimum Gasteiger partial charge on any atom is -0.387 e. The van der Waals surface area contributed by atoms with Gasteiger partial charge in [-0.25, -0.2) is 0 Å². The summed E-state index contributed by atoms with van der Waals surface area (Å²) >= 11 is 0. The largest absolute Gasteiger partial charge is 0.387 e. The molecule has 1 N–H and O–H groups in total. The van der Waals surface area contributed by atoms with Crippen molar-refractivity contribution in [1.82, 2.24) is 4.90 Å². The van der Waals surface area contributed by atoms with Gasteiger partial charge in [0.05, 0.1) is 6.10 Å². The van der Waals surface area contributed by atoms with Crippen LogP contribution in [0.2, 0.25) is 0 Å². The molecule has 1 saturated carbocycles. The summed E-state index contributed by atoms with van der Waals surface area (Å²) in [6, 6.07) is 9.28. The number of nitrogens with zero attached hydrogens (tertiary/aromatic N) is 1. The van der Waals surface area contributed by atoms with Crippen LogP contribution in [-0.2, 0) is 0 Å². The third-order valence-corrected chi connectivity index (χ3v) is 5.52. The number of fused-ring (bicyclic) bond motifs is 1. The molecule has 2 nitrogen and oxygen atoms in total. The molecule has 3 rings (SSSR count). The Morgan fingerprint density at radius 3 is 2.43 bits per heavy atom. The van der Waals surface area contributed by atoms with Crippen LogP contribution in [0.25, 0.3) is 0 Å². The molecule has 0 bridgehead atoms. The van der Waals surface area contributed by atoms with E-state index in [0.717, 1.165) is 24.1 Å². The van der Waals surface area contributed by atoms with Crippen LogP contribution in [0.15, 0.2) is 24.3 Å². The van der Waals surface area contributed by atoms with Gasteiger partial charge in [-0.05, 0) is 48.8 Å². The van der Waals surface area contributed by atoms with E-state index in [1.807, 2.05) is 0 Å². The van der Waals surface area contributed by atoms with Crippen molar-refractivity contribution in [2.75, 3.05) is 13.1 Å². The molecule has 116 valence electrons. The SMILES string of the molecule is CC(C)c1ccc(C(O)CN2CCC3CCCCC32)cc1. The maximum absolute atomic E-state index is 10.6. The van der Waals surface area contributed by atoms with E-state index in [4.69, 9.17) is 0 Å².